The maximum atomic E-state index is 5.14. The van der Waals surface area contributed by atoms with Crippen molar-refractivity contribution in [3.05, 3.63) is 162 Å². The standard InChI is InChI=1S/C40H23N5S/c1-4-16-30-26(12-1)27-13-2-5-17-31(27)40(30)32-18-7-15-29(34(32)35-28-14-3-6-19-33(28)46-36(35)40)39-44-37(24-10-8-20-41-22-24)43-38(45-39)25-11-9-21-42-23-25/h1-23H. The number of nitrogens with zero attached hydrogens (tertiary/aromatic N) is 5. The maximum absolute atomic E-state index is 5.14. The van der Waals surface area contributed by atoms with Crippen molar-refractivity contribution in [2.75, 3.05) is 0 Å². The molecule has 0 N–H and O–H groups in total. The highest BCUT2D eigenvalue weighted by Crippen LogP contribution is 2.66. The van der Waals surface area contributed by atoms with Gasteiger partial charge in [-0.3, -0.25) is 9.97 Å². The van der Waals surface area contributed by atoms with E-state index in [1.54, 1.807) is 24.8 Å². The van der Waals surface area contributed by atoms with Crippen LogP contribution in [0.1, 0.15) is 21.6 Å². The van der Waals surface area contributed by atoms with Gasteiger partial charge in [0.25, 0.3) is 0 Å². The smallest absolute Gasteiger partial charge is 0.165 e. The molecule has 5 nitrogen and oxygen atoms in total. The Morgan fingerprint density at radius 2 is 1.02 bits per heavy atom. The van der Waals surface area contributed by atoms with Crippen LogP contribution in [0.25, 0.3) is 66.5 Å². The van der Waals surface area contributed by atoms with Crippen molar-refractivity contribution in [2.24, 2.45) is 0 Å². The van der Waals surface area contributed by atoms with Crippen LogP contribution in [0.3, 0.4) is 0 Å². The van der Waals surface area contributed by atoms with Gasteiger partial charge in [0, 0.05) is 62.0 Å². The largest absolute Gasteiger partial charge is 0.264 e. The van der Waals surface area contributed by atoms with E-state index in [9.17, 15) is 0 Å². The van der Waals surface area contributed by atoms with E-state index < -0.39 is 5.41 Å². The summed E-state index contributed by atoms with van der Waals surface area (Å²) >= 11 is 1.90. The lowest BCUT2D eigenvalue weighted by Crippen LogP contribution is -2.24. The second-order valence-corrected chi connectivity index (χ2v) is 12.7. The van der Waals surface area contributed by atoms with Gasteiger partial charge in [-0.25, -0.2) is 15.0 Å². The fourth-order valence-corrected chi connectivity index (χ4v) is 8.96. The summed E-state index contributed by atoms with van der Waals surface area (Å²) < 4.78 is 1.27. The molecule has 10 rings (SSSR count). The number of pyridine rings is 2. The molecular formula is C40H23N5S. The van der Waals surface area contributed by atoms with Crippen LogP contribution in [0.2, 0.25) is 0 Å². The van der Waals surface area contributed by atoms with Gasteiger partial charge in [-0.2, -0.15) is 0 Å². The molecule has 0 amide bonds. The van der Waals surface area contributed by atoms with E-state index in [1.807, 2.05) is 35.6 Å². The summed E-state index contributed by atoms with van der Waals surface area (Å²) in [5, 5.41) is 1.25. The van der Waals surface area contributed by atoms with Gasteiger partial charge in [0.2, 0.25) is 0 Å². The number of hydrogen-bond acceptors (Lipinski definition) is 6. The number of aromatic nitrogens is 5. The van der Waals surface area contributed by atoms with Crippen LogP contribution in [0.5, 0.6) is 0 Å². The fraction of sp³-hybridized carbons (Fsp3) is 0.0250. The highest BCUT2D eigenvalue weighted by atomic mass is 32.1. The van der Waals surface area contributed by atoms with Gasteiger partial charge in [-0.1, -0.05) is 84.9 Å². The quantitative estimate of drug-likeness (QED) is 0.201. The third-order valence-electron chi connectivity index (χ3n) is 9.32. The van der Waals surface area contributed by atoms with E-state index in [-0.39, 0.29) is 0 Å². The molecule has 0 saturated heterocycles. The molecule has 0 saturated carbocycles. The first-order chi connectivity index (χ1) is 22.8. The third kappa shape index (κ3) is 3.36. The van der Waals surface area contributed by atoms with Crippen LogP contribution in [0.15, 0.2) is 140 Å². The minimum atomic E-state index is -0.442. The first kappa shape index (κ1) is 25.5. The zero-order valence-corrected chi connectivity index (χ0v) is 25.2. The third-order valence-corrected chi connectivity index (χ3v) is 10.6. The van der Waals surface area contributed by atoms with Gasteiger partial charge in [-0.15, -0.1) is 11.3 Å². The Morgan fingerprint density at radius 1 is 0.457 bits per heavy atom. The van der Waals surface area contributed by atoms with E-state index in [0.717, 1.165) is 16.7 Å². The van der Waals surface area contributed by atoms with Gasteiger partial charge in [0.15, 0.2) is 17.5 Å². The SMILES string of the molecule is c1cncc(-c2nc(-c3cccnc3)nc(-c3cccc4c3-c3c(sc5ccccc35)C43c4ccccc4-c4ccccc43)n2)c1. The number of fused-ring (bicyclic) bond motifs is 12. The van der Waals surface area contributed by atoms with Crippen LogP contribution >= 0.6 is 11.3 Å². The molecule has 0 bridgehead atoms. The van der Waals surface area contributed by atoms with E-state index >= 15 is 0 Å². The molecule has 8 aromatic rings. The molecule has 0 unspecified atom stereocenters. The molecule has 0 radical (unpaired) electrons. The average Bonchev–Trinajstić information content (AvgIpc) is 3.76. The zero-order chi connectivity index (χ0) is 30.2. The molecular weight excluding hydrogens is 583 g/mol. The lowest BCUT2D eigenvalue weighted by atomic mass is 9.73. The Kier molecular flexibility index (Phi) is 5.30. The van der Waals surface area contributed by atoms with Gasteiger partial charge in [0.1, 0.15) is 0 Å². The molecule has 6 heteroatoms. The summed E-state index contributed by atoms with van der Waals surface area (Å²) in [6, 6.07) is 41.0. The van der Waals surface area contributed by atoms with Crippen molar-refractivity contribution in [3.8, 4) is 56.4 Å². The van der Waals surface area contributed by atoms with E-state index in [4.69, 9.17) is 15.0 Å². The van der Waals surface area contributed by atoms with Crippen molar-refractivity contribution in [1.29, 1.82) is 0 Å². The number of hydrogen-bond donors (Lipinski definition) is 0. The summed E-state index contributed by atoms with van der Waals surface area (Å²) in [6.45, 7) is 0. The summed E-state index contributed by atoms with van der Waals surface area (Å²) in [6.07, 6.45) is 7.12. The molecule has 1 spiro atoms. The van der Waals surface area contributed by atoms with Crippen molar-refractivity contribution in [1.82, 2.24) is 24.9 Å². The molecule has 4 aromatic carbocycles. The van der Waals surface area contributed by atoms with Crippen LogP contribution in [0.4, 0.5) is 0 Å². The summed E-state index contributed by atoms with van der Waals surface area (Å²) in [5.41, 5.74) is 11.1. The molecule has 4 heterocycles. The van der Waals surface area contributed by atoms with Gasteiger partial charge in [0.05, 0.1) is 5.41 Å². The Balaban J connectivity index is 1.33. The van der Waals surface area contributed by atoms with Crippen molar-refractivity contribution >= 4 is 21.4 Å². The number of thiophene rings is 1. The molecule has 4 aromatic heterocycles. The highest BCUT2D eigenvalue weighted by Gasteiger charge is 2.54. The Hall–Kier alpha value is -5.85. The van der Waals surface area contributed by atoms with Gasteiger partial charge < -0.3 is 0 Å². The van der Waals surface area contributed by atoms with Gasteiger partial charge in [-0.05, 0) is 63.7 Å². The average molecular weight is 606 g/mol. The van der Waals surface area contributed by atoms with Crippen molar-refractivity contribution in [3.63, 3.8) is 0 Å². The van der Waals surface area contributed by atoms with Crippen molar-refractivity contribution < 1.29 is 0 Å². The Labute approximate surface area is 269 Å². The topological polar surface area (TPSA) is 64.5 Å². The first-order valence-corrected chi connectivity index (χ1v) is 16.1. The second kappa shape index (κ2) is 9.57. The molecule has 0 atom stereocenters. The van der Waals surface area contributed by atoms with E-state index in [1.165, 1.54) is 53.9 Å². The minimum Gasteiger partial charge on any atom is -0.264 e. The normalized spacial score (nSPS) is 13.4. The Morgan fingerprint density at radius 3 is 1.67 bits per heavy atom. The maximum Gasteiger partial charge on any atom is 0.165 e. The lowest BCUT2D eigenvalue weighted by Gasteiger charge is -2.29. The predicted octanol–water partition coefficient (Wildman–Crippen LogP) is 9.22. The van der Waals surface area contributed by atoms with E-state index in [0.29, 0.717) is 17.5 Å². The summed E-state index contributed by atoms with van der Waals surface area (Å²) in [4.78, 5) is 25.3. The molecule has 2 aliphatic carbocycles. The molecule has 214 valence electrons. The summed E-state index contributed by atoms with van der Waals surface area (Å²) in [7, 11) is 0. The van der Waals surface area contributed by atoms with Gasteiger partial charge >= 0.3 is 0 Å². The van der Waals surface area contributed by atoms with Crippen LogP contribution in [-0.2, 0) is 5.41 Å². The lowest BCUT2D eigenvalue weighted by molar-refractivity contribution is 0.811. The monoisotopic (exact) mass is 605 g/mol. The number of benzene rings is 4. The zero-order valence-electron chi connectivity index (χ0n) is 24.4. The fourth-order valence-electron chi connectivity index (χ4n) is 7.52. The number of rotatable bonds is 3. The molecule has 0 fully saturated rings. The van der Waals surface area contributed by atoms with Crippen molar-refractivity contribution in [2.45, 2.75) is 5.41 Å². The molecule has 2 aliphatic rings. The highest BCUT2D eigenvalue weighted by molar-refractivity contribution is 7.20. The van der Waals surface area contributed by atoms with E-state index in [2.05, 4.69) is 101 Å². The minimum absolute atomic E-state index is 0.442. The molecule has 0 aliphatic heterocycles. The Bertz CT molecular complexity index is 2380. The predicted molar refractivity (Wildman–Crippen MR) is 183 cm³/mol. The van der Waals surface area contributed by atoms with Crippen LogP contribution in [-0.4, -0.2) is 24.9 Å². The second-order valence-electron chi connectivity index (χ2n) is 11.7. The first-order valence-electron chi connectivity index (χ1n) is 15.2. The van der Waals surface area contributed by atoms with Crippen LogP contribution in [0, 0.1) is 0 Å². The summed E-state index contributed by atoms with van der Waals surface area (Å²) in [5.74, 6) is 1.78. The van der Waals surface area contributed by atoms with Crippen LogP contribution < -0.4 is 0 Å². The molecule has 46 heavy (non-hydrogen) atoms.